The van der Waals surface area contributed by atoms with E-state index in [1.165, 1.54) is 0 Å². The first kappa shape index (κ1) is 13.9. The molecule has 0 amide bonds. The standard InChI is InChI=1S/C16H16N2O2/c1-11(18)16-14(19-2)8-5-9-15(16)20-13-7-4-3-6-12(13)10-17/h3-9,11H,18H2,1-2H3/t11-/m1/s1. The molecule has 0 radical (unpaired) electrons. The minimum atomic E-state index is -0.240. The van der Waals surface area contributed by atoms with E-state index < -0.39 is 0 Å². The first-order valence-electron chi connectivity index (χ1n) is 6.26. The van der Waals surface area contributed by atoms with Crippen LogP contribution >= 0.6 is 0 Å². The van der Waals surface area contributed by atoms with Gasteiger partial charge >= 0.3 is 0 Å². The number of ether oxygens (including phenoxy) is 2. The highest BCUT2D eigenvalue weighted by atomic mass is 16.5. The SMILES string of the molecule is COc1cccc(Oc2ccccc2C#N)c1[C@@H](C)N. The molecular weight excluding hydrogens is 252 g/mol. The van der Waals surface area contributed by atoms with E-state index in [1.807, 2.05) is 31.2 Å². The molecule has 0 aliphatic heterocycles. The maximum absolute atomic E-state index is 9.10. The van der Waals surface area contributed by atoms with E-state index in [0.717, 1.165) is 5.56 Å². The Morgan fingerprint density at radius 2 is 1.70 bits per heavy atom. The van der Waals surface area contributed by atoms with Crippen LogP contribution in [-0.4, -0.2) is 7.11 Å². The van der Waals surface area contributed by atoms with E-state index in [4.69, 9.17) is 20.5 Å². The molecule has 0 spiro atoms. The van der Waals surface area contributed by atoms with Crippen LogP contribution in [0.5, 0.6) is 17.2 Å². The third kappa shape index (κ3) is 2.73. The van der Waals surface area contributed by atoms with Crippen LogP contribution in [0, 0.1) is 11.3 Å². The van der Waals surface area contributed by atoms with Gasteiger partial charge in [-0.1, -0.05) is 18.2 Å². The second-order valence-electron chi connectivity index (χ2n) is 4.37. The Bertz CT molecular complexity index is 645. The molecule has 0 aliphatic carbocycles. The van der Waals surface area contributed by atoms with Crippen LogP contribution < -0.4 is 15.2 Å². The number of nitrogens with zero attached hydrogens (tertiary/aromatic N) is 1. The van der Waals surface area contributed by atoms with Crippen molar-refractivity contribution in [1.82, 2.24) is 0 Å². The largest absolute Gasteiger partial charge is 0.496 e. The Hall–Kier alpha value is -2.51. The van der Waals surface area contributed by atoms with Gasteiger partial charge in [-0.3, -0.25) is 0 Å². The minimum Gasteiger partial charge on any atom is -0.496 e. The van der Waals surface area contributed by atoms with Gasteiger partial charge in [0, 0.05) is 6.04 Å². The zero-order valence-electron chi connectivity index (χ0n) is 11.5. The smallest absolute Gasteiger partial charge is 0.145 e. The van der Waals surface area contributed by atoms with E-state index in [1.54, 1.807) is 25.3 Å². The molecule has 0 saturated heterocycles. The zero-order chi connectivity index (χ0) is 14.5. The summed E-state index contributed by atoms with van der Waals surface area (Å²) in [6.45, 7) is 1.86. The normalized spacial score (nSPS) is 11.5. The van der Waals surface area contributed by atoms with E-state index in [-0.39, 0.29) is 6.04 Å². The van der Waals surface area contributed by atoms with Gasteiger partial charge in [-0.2, -0.15) is 5.26 Å². The summed E-state index contributed by atoms with van der Waals surface area (Å²) in [6.07, 6.45) is 0. The van der Waals surface area contributed by atoms with Crippen molar-refractivity contribution in [2.24, 2.45) is 5.73 Å². The minimum absolute atomic E-state index is 0.240. The first-order valence-corrected chi connectivity index (χ1v) is 6.26. The Kier molecular flexibility index (Phi) is 4.24. The average molecular weight is 268 g/mol. The lowest BCUT2D eigenvalue weighted by atomic mass is 10.1. The summed E-state index contributed by atoms with van der Waals surface area (Å²) < 4.78 is 11.2. The van der Waals surface area contributed by atoms with Gasteiger partial charge in [0.15, 0.2) is 0 Å². The van der Waals surface area contributed by atoms with Gasteiger partial charge in [0.05, 0.1) is 18.2 Å². The molecule has 0 aromatic heterocycles. The molecule has 0 saturated carbocycles. The summed E-state index contributed by atoms with van der Waals surface area (Å²) in [6, 6.07) is 14.4. The van der Waals surface area contributed by atoms with Gasteiger partial charge in [-0.25, -0.2) is 0 Å². The predicted octanol–water partition coefficient (Wildman–Crippen LogP) is 3.38. The fourth-order valence-corrected chi connectivity index (χ4v) is 2.01. The molecule has 1 atom stereocenters. The van der Waals surface area contributed by atoms with E-state index in [9.17, 15) is 0 Å². The summed E-state index contributed by atoms with van der Waals surface area (Å²) in [5.41, 5.74) is 7.25. The van der Waals surface area contributed by atoms with Crippen molar-refractivity contribution < 1.29 is 9.47 Å². The third-order valence-corrected chi connectivity index (χ3v) is 2.93. The Morgan fingerprint density at radius 3 is 2.35 bits per heavy atom. The Balaban J connectivity index is 2.46. The van der Waals surface area contributed by atoms with E-state index >= 15 is 0 Å². The summed E-state index contributed by atoms with van der Waals surface area (Å²) in [5, 5.41) is 9.10. The number of nitrogens with two attached hydrogens (primary N) is 1. The zero-order valence-corrected chi connectivity index (χ0v) is 11.5. The van der Waals surface area contributed by atoms with Crippen molar-refractivity contribution in [3.63, 3.8) is 0 Å². The molecule has 4 heteroatoms. The second kappa shape index (κ2) is 6.09. The van der Waals surface area contributed by atoms with Gasteiger partial charge < -0.3 is 15.2 Å². The number of rotatable bonds is 4. The molecule has 4 nitrogen and oxygen atoms in total. The molecule has 2 N–H and O–H groups in total. The van der Waals surface area contributed by atoms with Crippen molar-refractivity contribution in [1.29, 1.82) is 5.26 Å². The van der Waals surface area contributed by atoms with Crippen molar-refractivity contribution in [3.8, 4) is 23.3 Å². The summed E-state index contributed by atoms with van der Waals surface area (Å²) in [5.74, 6) is 1.78. The number of methoxy groups -OCH3 is 1. The second-order valence-corrected chi connectivity index (χ2v) is 4.37. The molecule has 102 valence electrons. The lowest BCUT2D eigenvalue weighted by Crippen LogP contribution is -2.08. The van der Waals surface area contributed by atoms with Gasteiger partial charge in [0.2, 0.25) is 0 Å². The average Bonchev–Trinajstić information content (AvgIpc) is 2.47. The van der Waals surface area contributed by atoms with Crippen LogP contribution in [0.4, 0.5) is 0 Å². The predicted molar refractivity (Wildman–Crippen MR) is 76.8 cm³/mol. The maximum atomic E-state index is 9.10. The third-order valence-electron chi connectivity index (χ3n) is 2.93. The molecular formula is C16H16N2O2. The number of nitriles is 1. The molecule has 0 fully saturated rings. The van der Waals surface area contributed by atoms with Crippen molar-refractivity contribution in [2.75, 3.05) is 7.11 Å². The van der Waals surface area contributed by atoms with Crippen molar-refractivity contribution >= 4 is 0 Å². The van der Waals surface area contributed by atoms with E-state index in [0.29, 0.717) is 22.8 Å². The van der Waals surface area contributed by atoms with Crippen LogP contribution in [0.15, 0.2) is 42.5 Å². The van der Waals surface area contributed by atoms with Crippen LogP contribution in [0.25, 0.3) is 0 Å². The molecule has 0 heterocycles. The van der Waals surface area contributed by atoms with Crippen LogP contribution in [0.2, 0.25) is 0 Å². The molecule has 2 aromatic rings. The Morgan fingerprint density at radius 1 is 1.05 bits per heavy atom. The highest BCUT2D eigenvalue weighted by Crippen LogP contribution is 2.36. The fraction of sp³-hybridized carbons (Fsp3) is 0.188. The van der Waals surface area contributed by atoms with Crippen LogP contribution in [0.3, 0.4) is 0 Å². The summed E-state index contributed by atoms with van der Waals surface area (Å²) >= 11 is 0. The van der Waals surface area contributed by atoms with Gasteiger partial charge in [0.25, 0.3) is 0 Å². The number of para-hydroxylation sites is 1. The number of hydrogen-bond donors (Lipinski definition) is 1. The molecule has 0 aliphatic rings. The van der Waals surface area contributed by atoms with Gasteiger partial charge in [-0.15, -0.1) is 0 Å². The van der Waals surface area contributed by atoms with Gasteiger partial charge in [-0.05, 0) is 31.2 Å². The summed E-state index contributed by atoms with van der Waals surface area (Å²) in [7, 11) is 1.59. The highest BCUT2D eigenvalue weighted by Gasteiger charge is 2.15. The highest BCUT2D eigenvalue weighted by molar-refractivity contribution is 5.51. The molecule has 0 bridgehead atoms. The van der Waals surface area contributed by atoms with Crippen LogP contribution in [-0.2, 0) is 0 Å². The summed E-state index contributed by atoms with van der Waals surface area (Å²) in [4.78, 5) is 0. The first-order chi connectivity index (χ1) is 9.67. The molecule has 0 unspecified atom stereocenters. The van der Waals surface area contributed by atoms with Gasteiger partial charge in [0.1, 0.15) is 23.3 Å². The fourth-order valence-electron chi connectivity index (χ4n) is 2.01. The maximum Gasteiger partial charge on any atom is 0.145 e. The molecule has 2 aromatic carbocycles. The van der Waals surface area contributed by atoms with E-state index in [2.05, 4.69) is 6.07 Å². The lowest BCUT2D eigenvalue weighted by molar-refractivity contribution is 0.397. The number of benzene rings is 2. The monoisotopic (exact) mass is 268 g/mol. The number of hydrogen-bond acceptors (Lipinski definition) is 4. The molecule has 2 rings (SSSR count). The quantitative estimate of drug-likeness (QED) is 0.923. The molecule has 20 heavy (non-hydrogen) atoms. The topological polar surface area (TPSA) is 68.3 Å². The van der Waals surface area contributed by atoms with Crippen LogP contribution in [0.1, 0.15) is 24.1 Å². The lowest BCUT2D eigenvalue weighted by Gasteiger charge is -2.17. The van der Waals surface area contributed by atoms with Crippen molar-refractivity contribution in [2.45, 2.75) is 13.0 Å². The Labute approximate surface area is 118 Å². The van der Waals surface area contributed by atoms with Crippen molar-refractivity contribution in [3.05, 3.63) is 53.6 Å².